The Morgan fingerprint density at radius 3 is 2.23 bits per heavy atom. The van der Waals surface area contributed by atoms with Gasteiger partial charge in [-0.3, -0.25) is 9.69 Å². The zero-order valence-electron chi connectivity index (χ0n) is 14.2. The second-order valence-corrected chi connectivity index (χ2v) is 5.55. The Morgan fingerprint density at radius 1 is 1.05 bits per heavy atom. The van der Waals surface area contributed by atoms with Crippen molar-refractivity contribution in [2.24, 2.45) is 0 Å². The van der Waals surface area contributed by atoms with Gasteiger partial charge < -0.3 is 10.1 Å². The Balaban J connectivity index is 2.43. The summed E-state index contributed by atoms with van der Waals surface area (Å²) in [5.41, 5.74) is 0.820. The van der Waals surface area contributed by atoms with Gasteiger partial charge in [0.25, 0.3) is 0 Å². The van der Waals surface area contributed by atoms with Crippen molar-refractivity contribution in [1.82, 2.24) is 4.90 Å². The highest BCUT2D eigenvalue weighted by molar-refractivity contribution is 5.92. The van der Waals surface area contributed by atoms with E-state index in [2.05, 4.69) is 31.0 Å². The number of anilines is 1. The van der Waals surface area contributed by atoms with E-state index in [1.807, 2.05) is 24.3 Å². The van der Waals surface area contributed by atoms with Crippen LogP contribution in [0.1, 0.15) is 46.5 Å². The van der Waals surface area contributed by atoms with E-state index in [0.29, 0.717) is 6.54 Å². The number of ether oxygens (including phenoxy) is 1. The summed E-state index contributed by atoms with van der Waals surface area (Å²) < 4.78 is 5.61. The second-order valence-electron chi connectivity index (χ2n) is 5.55. The molecule has 0 aliphatic rings. The van der Waals surface area contributed by atoms with Crippen LogP contribution in [-0.4, -0.2) is 37.0 Å². The first-order valence-electron chi connectivity index (χ1n) is 8.44. The van der Waals surface area contributed by atoms with Gasteiger partial charge in [-0.15, -0.1) is 0 Å². The average Bonchev–Trinajstić information content (AvgIpc) is 2.50. The van der Waals surface area contributed by atoms with Gasteiger partial charge in [0.15, 0.2) is 0 Å². The normalized spacial score (nSPS) is 10.7. The topological polar surface area (TPSA) is 41.6 Å². The summed E-state index contributed by atoms with van der Waals surface area (Å²) >= 11 is 0. The van der Waals surface area contributed by atoms with Gasteiger partial charge in [0, 0.05) is 5.69 Å². The number of hydrogen-bond donors (Lipinski definition) is 1. The molecule has 0 bridgehead atoms. The zero-order valence-corrected chi connectivity index (χ0v) is 14.2. The molecule has 0 radical (unpaired) electrons. The van der Waals surface area contributed by atoms with Gasteiger partial charge in [0.05, 0.1) is 13.2 Å². The van der Waals surface area contributed by atoms with E-state index < -0.39 is 0 Å². The molecule has 4 nitrogen and oxygen atoms in total. The fourth-order valence-electron chi connectivity index (χ4n) is 2.27. The maximum absolute atomic E-state index is 12.1. The van der Waals surface area contributed by atoms with Gasteiger partial charge >= 0.3 is 0 Å². The summed E-state index contributed by atoms with van der Waals surface area (Å²) in [5.74, 6) is 0.895. The second kappa shape index (κ2) is 11.1. The lowest BCUT2D eigenvalue weighted by molar-refractivity contribution is -0.117. The Labute approximate surface area is 134 Å². The van der Waals surface area contributed by atoms with E-state index in [1.165, 1.54) is 0 Å². The first kappa shape index (κ1) is 18.5. The molecule has 0 saturated carbocycles. The van der Waals surface area contributed by atoms with Crippen LogP contribution in [0, 0.1) is 0 Å². The van der Waals surface area contributed by atoms with Gasteiger partial charge in [-0.05, 0) is 56.6 Å². The number of nitrogens with one attached hydrogen (secondary N) is 1. The minimum absolute atomic E-state index is 0.0431. The molecular weight excluding hydrogens is 276 g/mol. The lowest BCUT2D eigenvalue weighted by Crippen LogP contribution is -2.34. The van der Waals surface area contributed by atoms with E-state index in [1.54, 1.807) is 0 Å². The minimum atomic E-state index is 0.0431. The van der Waals surface area contributed by atoms with Crippen LogP contribution in [0.4, 0.5) is 5.69 Å². The average molecular weight is 306 g/mol. The number of unbranched alkanes of at least 4 members (excludes halogenated alkanes) is 1. The van der Waals surface area contributed by atoms with Crippen LogP contribution in [0.2, 0.25) is 0 Å². The maximum atomic E-state index is 12.1. The van der Waals surface area contributed by atoms with Crippen molar-refractivity contribution in [2.45, 2.75) is 46.5 Å². The number of hydrogen-bond acceptors (Lipinski definition) is 3. The van der Waals surface area contributed by atoms with E-state index in [0.717, 1.165) is 56.8 Å². The Morgan fingerprint density at radius 2 is 1.68 bits per heavy atom. The number of amides is 1. The van der Waals surface area contributed by atoms with Crippen LogP contribution >= 0.6 is 0 Å². The van der Waals surface area contributed by atoms with Gasteiger partial charge in [0.2, 0.25) is 5.91 Å². The molecule has 1 aromatic carbocycles. The fourth-order valence-corrected chi connectivity index (χ4v) is 2.27. The molecule has 0 aliphatic carbocycles. The molecule has 124 valence electrons. The van der Waals surface area contributed by atoms with Crippen LogP contribution < -0.4 is 10.1 Å². The lowest BCUT2D eigenvalue weighted by atomic mass is 10.3. The van der Waals surface area contributed by atoms with E-state index in [9.17, 15) is 4.79 Å². The number of carbonyl (C=O) groups is 1. The predicted molar refractivity (Wildman–Crippen MR) is 92.5 cm³/mol. The van der Waals surface area contributed by atoms with Crippen molar-refractivity contribution in [2.75, 3.05) is 31.6 Å². The summed E-state index contributed by atoms with van der Waals surface area (Å²) in [6.07, 6.45) is 4.32. The third-order valence-corrected chi connectivity index (χ3v) is 3.35. The van der Waals surface area contributed by atoms with E-state index in [4.69, 9.17) is 4.74 Å². The SMILES string of the molecule is CCCCOc1ccc(NC(=O)CN(CCC)CCC)cc1. The summed E-state index contributed by atoms with van der Waals surface area (Å²) in [5, 5.41) is 2.95. The Kier molecular flexibility index (Phi) is 9.31. The summed E-state index contributed by atoms with van der Waals surface area (Å²) in [6.45, 7) is 9.54. The van der Waals surface area contributed by atoms with Crippen molar-refractivity contribution >= 4 is 11.6 Å². The van der Waals surface area contributed by atoms with Gasteiger partial charge in [-0.1, -0.05) is 27.2 Å². The van der Waals surface area contributed by atoms with Gasteiger partial charge in [0.1, 0.15) is 5.75 Å². The molecule has 4 heteroatoms. The number of carbonyl (C=O) groups excluding carboxylic acids is 1. The first-order chi connectivity index (χ1) is 10.7. The quantitative estimate of drug-likeness (QED) is 0.630. The summed E-state index contributed by atoms with van der Waals surface area (Å²) in [6, 6.07) is 7.59. The largest absolute Gasteiger partial charge is 0.494 e. The smallest absolute Gasteiger partial charge is 0.238 e. The molecule has 1 rings (SSSR count). The van der Waals surface area contributed by atoms with E-state index >= 15 is 0 Å². The van der Waals surface area contributed by atoms with Crippen molar-refractivity contribution in [1.29, 1.82) is 0 Å². The van der Waals surface area contributed by atoms with Crippen LogP contribution in [0.15, 0.2) is 24.3 Å². The van der Waals surface area contributed by atoms with Crippen LogP contribution in [0.25, 0.3) is 0 Å². The van der Waals surface area contributed by atoms with Crippen molar-refractivity contribution in [3.8, 4) is 5.75 Å². The molecule has 0 unspecified atom stereocenters. The highest BCUT2D eigenvalue weighted by atomic mass is 16.5. The van der Waals surface area contributed by atoms with Gasteiger partial charge in [-0.2, -0.15) is 0 Å². The molecule has 1 N–H and O–H groups in total. The molecule has 0 atom stereocenters. The molecule has 0 spiro atoms. The van der Waals surface area contributed by atoms with Gasteiger partial charge in [-0.25, -0.2) is 0 Å². The number of rotatable bonds is 11. The molecule has 0 aliphatic heterocycles. The molecule has 0 heterocycles. The maximum Gasteiger partial charge on any atom is 0.238 e. The van der Waals surface area contributed by atoms with Crippen molar-refractivity contribution < 1.29 is 9.53 Å². The predicted octanol–water partition coefficient (Wildman–Crippen LogP) is 3.93. The molecule has 1 aromatic rings. The van der Waals surface area contributed by atoms with Crippen LogP contribution in [0.3, 0.4) is 0 Å². The summed E-state index contributed by atoms with van der Waals surface area (Å²) in [7, 11) is 0. The van der Waals surface area contributed by atoms with Crippen molar-refractivity contribution in [3.63, 3.8) is 0 Å². The van der Waals surface area contributed by atoms with Crippen LogP contribution in [0.5, 0.6) is 5.75 Å². The number of benzene rings is 1. The molecular formula is C18H30N2O2. The third-order valence-electron chi connectivity index (χ3n) is 3.35. The Hall–Kier alpha value is -1.55. The van der Waals surface area contributed by atoms with Crippen LogP contribution in [-0.2, 0) is 4.79 Å². The van der Waals surface area contributed by atoms with Crippen molar-refractivity contribution in [3.05, 3.63) is 24.3 Å². The minimum Gasteiger partial charge on any atom is -0.494 e. The monoisotopic (exact) mass is 306 g/mol. The molecule has 0 fully saturated rings. The summed E-state index contributed by atoms with van der Waals surface area (Å²) in [4.78, 5) is 14.3. The molecule has 0 saturated heterocycles. The Bertz CT molecular complexity index is 412. The zero-order chi connectivity index (χ0) is 16.2. The lowest BCUT2D eigenvalue weighted by Gasteiger charge is -2.20. The highest BCUT2D eigenvalue weighted by Crippen LogP contribution is 2.16. The number of nitrogens with zero attached hydrogens (tertiary/aromatic N) is 1. The molecule has 1 amide bonds. The fraction of sp³-hybridized carbons (Fsp3) is 0.611. The molecule has 0 aromatic heterocycles. The standard InChI is InChI=1S/C18H30N2O2/c1-4-7-14-22-17-10-8-16(9-11-17)19-18(21)15-20(12-5-2)13-6-3/h8-11H,4-7,12-15H2,1-3H3,(H,19,21). The molecule has 22 heavy (non-hydrogen) atoms. The van der Waals surface area contributed by atoms with E-state index in [-0.39, 0.29) is 5.91 Å². The highest BCUT2D eigenvalue weighted by Gasteiger charge is 2.09. The third kappa shape index (κ3) is 7.46. The first-order valence-corrected chi connectivity index (χ1v) is 8.44.